The number of likely N-dealkylation sites (tertiary alicyclic amines) is 1. The highest BCUT2D eigenvalue weighted by Gasteiger charge is 2.28. The summed E-state index contributed by atoms with van der Waals surface area (Å²) in [6.07, 6.45) is 2.60. The Kier molecular flexibility index (Phi) is 6.09. The van der Waals surface area contributed by atoms with Crippen molar-refractivity contribution in [3.05, 3.63) is 17.0 Å². The van der Waals surface area contributed by atoms with Crippen LogP contribution in [0, 0.1) is 19.8 Å². The van der Waals surface area contributed by atoms with E-state index in [0.29, 0.717) is 13.1 Å². The number of H-pyrrole nitrogens is 1. The maximum Gasteiger partial charge on any atom is 0.309 e. The molecule has 0 bridgehead atoms. The first-order valence-electron chi connectivity index (χ1n) is 9.43. The zero-order valence-electron chi connectivity index (χ0n) is 15.5. The molecule has 2 saturated heterocycles. The van der Waals surface area contributed by atoms with Crippen LogP contribution in [0.25, 0.3) is 0 Å². The van der Waals surface area contributed by atoms with Crippen molar-refractivity contribution >= 4 is 5.97 Å². The van der Waals surface area contributed by atoms with Crippen LogP contribution in [-0.4, -0.2) is 88.3 Å². The molecule has 140 valence electrons. The average molecular weight is 349 g/mol. The third-order valence-corrected chi connectivity index (χ3v) is 5.63. The van der Waals surface area contributed by atoms with E-state index in [2.05, 4.69) is 24.9 Å². The van der Waals surface area contributed by atoms with Gasteiger partial charge in [-0.3, -0.25) is 19.7 Å². The number of aryl methyl sites for hydroxylation is 2. The van der Waals surface area contributed by atoms with Gasteiger partial charge < -0.3 is 10.0 Å². The van der Waals surface area contributed by atoms with Crippen molar-refractivity contribution in [2.24, 2.45) is 5.92 Å². The summed E-state index contributed by atoms with van der Waals surface area (Å²) in [6, 6.07) is 0. The van der Waals surface area contributed by atoms with E-state index in [-0.39, 0.29) is 5.92 Å². The van der Waals surface area contributed by atoms with Gasteiger partial charge in [0.15, 0.2) is 0 Å². The Balaban J connectivity index is 1.60. The van der Waals surface area contributed by atoms with Gasteiger partial charge in [-0.1, -0.05) is 0 Å². The first-order chi connectivity index (χ1) is 12.0. The van der Waals surface area contributed by atoms with Crippen LogP contribution in [0.15, 0.2) is 0 Å². The predicted octanol–water partition coefficient (Wildman–Crippen LogP) is 0.941. The molecule has 2 fully saturated rings. The molecule has 3 rings (SSSR count). The molecule has 2 aliphatic heterocycles. The molecular weight excluding hydrogens is 318 g/mol. The van der Waals surface area contributed by atoms with E-state index >= 15 is 0 Å². The molecule has 2 N–H and O–H groups in total. The lowest BCUT2D eigenvalue weighted by Gasteiger charge is -2.24. The third-order valence-electron chi connectivity index (χ3n) is 5.63. The minimum atomic E-state index is -0.682. The fourth-order valence-electron chi connectivity index (χ4n) is 3.97. The van der Waals surface area contributed by atoms with Crippen LogP contribution in [0.1, 0.15) is 29.8 Å². The monoisotopic (exact) mass is 349 g/mol. The number of carboxylic acid groups (broad SMARTS) is 1. The van der Waals surface area contributed by atoms with Crippen LogP contribution in [-0.2, 0) is 11.3 Å². The molecule has 0 amide bonds. The number of aromatic amines is 1. The number of hydrogen-bond donors (Lipinski definition) is 2. The molecule has 0 saturated carbocycles. The summed E-state index contributed by atoms with van der Waals surface area (Å²) in [5, 5.41) is 16.9. The first kappa shape index (κ1) is 18.4. The molecule has 1 aromatic rings. The van der Waals surface area contributed by atoms with E-state index in [1.165, 1.54) is 31.5 Å². The van der Waals surface area contributed by atoms with Gasteiger partial charge in [0.2, 0.25) is 0 Å². The highest BCUT2D eigenvalue weighted by molar-refractivity contribution is 5.70. The van der Waals surface area contributed by atoms with Crippen LogP contribution < -0.4 is 0 Å². The van der Waals surface area contributed by atoms with Gasteiger partial charge in [-0.25, -0.2) is 0 Å². The normalized spacial score (nSPS) is 23.8. The molecule has 0 spiro atoms. The van der Waals surface area contributed by atoms with Crippen molar-refractivity contribution < 1.29 is 9.90 Å². The van der Waals surface area contributed by atoms with Gasteiger partial charge in [0.1, 0.15) is 0 Å². The maximum atomic E-state index is 11.7. The van der Waals surface area contributed by atoms with Crippen molar-refractivity contribution in [3.63, 3.8) is 0 Å². The fourth-order valence-corrected chi connectivity index (χ4v) is 3.97. The molecule has 7 heteroatoms. The van der Waals surface area contributed by atoms with E-state index in [0.717, 1.165) is 44.1 Å². The van der Waals surface area contributed by atoms with Gasteiger partial charge in [-0.15, -0.1) is 0 Å². The number of aromatic nitrogens is 2. The molecule has 1 atom stereocenters. The lowest BCUT2D eigenvalue weighted by Crippen LogP contribution is -2.38. The molecule has 1 aromatic heterocycles. The molecule has 0 radical (unpaired) electrons. The summed E-state index contributed by atoms with van der Waals surface area (Å²) in [5.41, 5.74) is 3.30. The number of nitrogens with zero attached hydrogens (tertiary/aromatic N) is 4. The summed E-state index contributed by atoms with van der Waals surface area (Å²) in [6.45, 7) is 12.4. The van der Waals surface area contributed by atoms with Gasteiger partial charge in [-0.05, 0) is 39.8 Å². The van der Waals surface area contributed by atoms with Gasteiger partial charge >= 0.3 is 5.97 Å². The smallest absolute Gasteiger partial charge is 0.309 e. The fraction of sp³-hybridized carbons (Fsp3) is 0.778. The standard InChI is InChI=1S/C18H31N5O2/c1-14-17(15(2)20-19-14)13-23-10-9-22(11-16(12-23)18(24)25)8-7-21-5-3-4-6-21/h16H,3-13H2,1-2H3,(H,19,20)(H,24,25)/t16-/m1/s1. The quantitative estimate of drug-likeness (QED) is 0.796. The second kappa shape index (κ2) is 8.29. The molecular formula is C18H31N5O2. The van der Waals surface area contributed by atoms with Crippen LogP contribution in [0.3, 0.4) is 0 Å². The summed E-state index contributed by atoms with van der Waals surface area (Å²) >= 11 is 0. The Hall–Kier alpha value is -1.44. The highest BCUT2D eigenvalue weighted by atomic mass is 16.4. The number of nitrogens with one attached hydrogen (secondary N) is 1. The van der Waals surface area contributed by atoms with E-state index in [1.54, 1.807) is 0 Å². The molecule has 2 aliphatic rings. The number of hydrogen-bond acceptors (Lipinski definition) is 5. The van der Waals surface area contributed by atoms with Gasteiger partial charge in [-0.2, -0.15) is 5.10 Å². The zero-order valence-corrected chi connectivity index (χ0v) is 15.5. The maximum absolute atomic E-state index is 11.7. The van der Waals surface area contributed by atoms with Gasteiger partial charge in [0.05, 0.1) is 11.6 Å². The minimum Gasteiger partial charge on any atom is -0.481 e. The summed E-state index contributed by atoms with van der Waals surface area (Å²) < 4.78 is 0. The molecule has 25 heavy (non-hydrogen) atoms. The Labute approximate surface area is 150 Å². The van der Waals surface area contributed by atoms with Crippen molar-refractivity contribution in [3.8, 4) is 0 Å². The van der Waals surface area contributed by atoms with Crippen LogP contribution >= 0.6 is 0 Å². The second-order valence-corrected chi connectivity index (χ2v) is 7.53. The Morgan fingerprint density at radius 2 is 1.72 bits per heavy atom. The highest BCUT2D eigenvalue weighted by Crippen LogP contribution is 2.17. The predicted molar refractivity (Wildman–Crippen MR) is 96.6 cm³/mol. The van der Waals surface area contributed by atoms with Crippen molar-refractivity contribution in [1.82, 2.24) is 24.9 Å². The van der Waals surface area contributed by atoms with Gasteiger partial charge in [0.25, 0.3) is 0 Å². The Morgan fingerprint density at radius 3 is 2.36 bits per heavy atom. The van der Waals surface area contributed by atoms with Crippen LogP contribution in [0.5, 0.6) is 0 Å². The molecule has 0 aliphatic carbocycles. The van der Waals surface area contributed by atoms with Crippen LogP contribution in [0.2, 0.25) is 0 Å². The Bertz CT molecular complexity index is 563. The van der Waals surface area contributed by atoms with E-state index in [9.17, 15) is 9.90 Å². The summed E-state index contributed by atoms with van der Waals surface area (Å²) in [4.78, 5) is 18.8. The molecule has 7 nitrogen and oxygen atoms in total. The van der Waals surface area contributed by atoms with Crippen molar-refractivity contribution in [1.29, 1.82) is 0 Å². The van der Waals surface area contributed by atoms with Gasteiger partial charge in [0, 0.05) is 57.1 Å². The number of rotatable bonds is 6. The summed E-state index contributed by atoms with van der Waals surface area (Å²) in [7, 11) is 0. The molecule has 0 aromatic carbocycles. The molecule has 0 unspecified atom stereocenters. The topological polar surface area (TPSA) is 75.7 Å². The SMILES string of the molecule is Cc1n[nH]c(C)c1CN1CCN(CCN2CCCC2)C[C@@H](C(=O)O)C1. The second-order valence-electron chi connectivity index (χ2n) is 7.53. The Morgan fingerprint density at radius 1 is 1.08 bits per heavy atom. The number of aliphatic carboxylic acids is 1. The lowest BCUT2D eigenvalue weighted by atomic mass is 10.1. The largest absolute Gasteiger partial charge is 0.481 e. The van der Waals surface area contributed by atoms with E-state index < -0.39 is 5.97 Å². The van der Waals surface area contributed by atoms with E-state index in [4.69, 9.17) is 0 Å². The average Bonchev–Trinajstić information content (AvgIpc) is 3.14. The third kappa shape index (κ3) is 4.80. The van der Waals surface area contributed by atoms with Crippen molar-refractivity contribution in [2.75, 3.05) is 52.4 Å². The van der Waals surface area contributed by atoms with E-state index in [1.807, 2.05) is 13.8 Å². The van der Waals surface area contributed by atoms with Crippen molar-refractivity contribution in [2.45, 2.75) is 33.2 Å². The number of carboxylic acids is 1. The first-order valence-corrected chi connectivity index (χ1v) is 9.43. The lowest BCUT2D eigenvalue weighted by molar-refractivity contribution is -0.142. The van der Waals surface area contributed by atoms with Crippen LogP contribution in [0.4, 0.5) is 0 Å². The molecule has 3 heterocycles. The minimum absolute atomic E-state index is 0.325. The summed E-state index contributed by atoms with van der Waals surface area (Å²) in [5.74, 6) is -1.01. The number of carbonyl (C=O) groups is 1. The zero-order chi connectivity index (χ0) is 17.8.